The predicted molar refractivity (Wildman–Crippen MR) is 155 cm³/mol. The molecular weight excluding hydrogens is 510 g/mol. The van der Waals surface area contributed by atoms with Crippen molar-refractivity contribution in [3.8, 4) is 0 Å². The first-order valence-corrected chi connectivity index (χ1v) is 14.7. The number of piperidine rings is 1. The standard InChI is InChI=1S/C31H37N3O4S/c1-20(9-7-15-31(2,3)38)32-28(35)22-11-8-16-33(18-22)25-13-6-12-24-27(25)30(37)34(29(24)36)19-23-17-21-10-4-5-14-26(21)39-23/h4-6,10,12-14,17,20,22,38H,7-9,11,15-16,18-19H2,1-3H3,(H,32,35)/t20-,22-/m0/s1. The summed E-state index contributed by atoms with van der Waals surface area (Å²) in [6, 6.07) is 15.6. The number of imide groups is 1. The Labute approximate surface area is 233 Å². The number of nitrogens with zero attached hydrogens (tertiary/aromatic N) is 2. The van der Waals surface area contributed by atoms with Crippen LogP contribution in [0.2, 0.25) is 0 Å². The van der Waals surface area contributed by atoms with Crippen molar-refractivity contribution in [3.63, 3.8) is 0 Å². The van der Waals surface area contributed by atoms with Crippen molar-refractivity contribution in [1.82, 2.24) is 10.2 Å². The lowest BCUT2D eigenvalue weighted by Gasteiger charge is -2.35. The van der Waals surface area contributed by atoms with Gasteiger partial charge in [-0.05, 0) is 82.5 Å². The van der Waals surface area contributed by atoms with Gasteiger partial charge in [-0.25, -0.2) is 0 Å². The van der Waals surface area contributed by atoms with Crippen LogP contribution in [0.15, 0.2) is 48.5 Å². The highest BCUT2D eigenvalue weighted by atomic mass is 32.1. The van der Waals surface area contributed by atoms with Gasteiger partial charge in [0.2, 0.25) is 5.91 Å². The molecule has 1 saturated heterocycles. The maximum absolute atomic E-state index is 13.6. The molecule has 0 bridgehead atoms. The minimum atomic E-state index is -0.699. The van der Waals surface area contributed by atoms with Crippen molar-refractivity contribution in [3.05, 3.63) is 64.5 Å². The molecule has 3 aromatic rings. The highest BCUT2D eigenvalue weighted by molar-refractivity contribution is 7.19. The van der Waals surface area contributed by atoms with Crippen LogP contribution >= 0.6 is 11.3 Å². The Kier molecular flexibility index (Phi) is 7.78. The van der Waals surface area contributed by atoms with Gasteiger partial charge in [0, 0.05) is 28.7 Å². The lowest BCUT2D eigenvalue weighted by molar-refractivity contribution is -0.125. The van der Waals surface area contributed by atoms with Gasteiger partial charge >= 0.3 is 0 Å². The molecule has 0 aliphatic carbocycles. The average Bonchev–Trinajstić information content (AvgIpc) is 3.42. The number of rotatable bonds is 9. The third-order valence-electron chi connectivity index (χ3n) is 7.71. The molecule has 2 aliphatic rings. The van der Waals surface area contributed by atoms with Gasteiger partial charge in [-0.15, -0.1) is 11.3 Å². The first kappa shape index (κ1) is 27.3. The molecule has 0 unspecified atom stereocenters. The van der Waals surface area contributed by atoms with Gasteiger partial charge in [0.05, 0.1) is 34.9 Å². The number of nitrogens with one attached hydrogen (secondary N) is 1. The van der Waals surface area contributed by atoms with E-state index in [2.05, 4.69) is 10.2 Å². The molecular formula is C31H37N3O4S. The molecule has 0 spiro atoms. The molecule has 1 aromatic heterocycles. The smallest absolute Gasteiger partial charge is 0.264 e. The highest BCUT2D eigenvalue weighted by Crippen LogP contribution is 2.36. The molecule has 7 nitrogen and oxygen atoms in total. The number of aliphatic hydroxyl groups is 1. The van der Waals surface area contributed by atoms with Gasteiger partial charge < -0.3 is 15.3 Å². The van der Waals surface area contributed by atoms with Crippen molar-refractivity contribution in [1.29, 1.82) is 0 Å². The minimum Gasteiger partial charge on any atom is -0.390 e. The SMILES string of the molecule is C[C@@H](CCCC(C)(C)O)NC(=O)[C@H]1CCCN(c2cccc3c2C(=O)N(Cc2cc4ccccc4s2)C3=O)C1. The molecule has 5 rings (SSSR count). The summed E-state index contributed by atoms with van der Waals surface area (Å²) in [6.07, 6.45) is 3.97. The van der Waals surface area contributed by atoms with Gasteiger partial charge in [0.1, 0.15) is 0 Å². The van der Waals surface area contributed by atoms with Gasteiger partial charge in [0.15, 0.2) is 0 Å². The number of carbonyl (C=O) groups excluding carboxylic acids is 3. The van der Waals surface area contributed by atoms with Gasteiger partial charge in [-0.1, -0.05) is 24.3 Å². The summed E-state index contributed by atoms with van der Waals surface area (Å²) in [7, 11) is 0. The van der Waals surface area contributed by atoms with E-state index >= 15 is 0 Å². The molecule has 3 amide bonds. The Bertz CT molecular complexity index is 1360. The molecule has 2 N–H and O–H groups in total. The number of carbonyl (C=O) groups is 3. The second-order valence-electron chi connectivity index (χ2n) is 11.5. The normalized spacial score (nSPS) is 18.5. The topological polar surface area (TPSA) is 89.9 Å². The lowest BCUT2D eigenvalue weighted by atomic mass is 9.94. The number of thiophene rings is 1. The molecule has 39 heavy (non-hydrogen) atoms. The number of fused-ring (bicyclic) bond motifs is 2. The number of amides is 3. The zero-order valence-corrected chi connectivity index (χ0v) is 23.7. The van der Waals surface area contributed by atoms with E-state index in [9.17, 15) is 19.5 Å². The molecule has 2 aliphatic heterocycles. The molecule has 2 atom stereocenters. The summed E-state index contributed by atoms with van der Waals surface area (Å²) in [5.74, 6) is -0.694. The van der Waals surface area contributed by atoms with Crippen LogP contribution in [0.1, 0.15) is 78.5 Å². The Morgan fingerprint density at radius 3 is 2.72 bits per heavy atom. The second kappa shape index (κ2) is 11.1. The number of hydrogen-bond acceptors (Lipinski definition) is 6. The Morgan fingerprint density at radius 2 is 1.95 bits per heavy atom. The monoisotopic (exact) mass is 547 g/mol. The molecule has 8 heteroatoms. The summed E-state index contributed by atoms with van der Waals surface area (Å²) in [5, 5.41) is 14.2. The number of anilines is 1. The predicted octanol–water partition coefficient (Wildman–Crippen LogP) is 5.36. The molecule has 3 heterocycles. The van der Waals surface area contributed by atoms with Crippen molar-refractivity contribution in [2.45, 2.75) is 71.1 Å². The summed E-state index contributed by atoms with van der Waals surface area (Å²) < 4.78 is 1.13. The van der Waals surface area contributed by atoms with Crippen LogP contribution in [0, 0.1) is 5.92 Å². The van der Waals surface area contributed by atoms with E-state index in [1.54, 1.807) is 31.3 Å². The first-order chi connectivity index (χ1) is 18.6. The number of hydrogen-bond donors (Lipinski definition) is 2. The van der Waals surface area contributed by atoms with Crippen molar-refractivity contribution < 1.29 is 19.5 Å². The van der Waals surface area contributed by atoms with E-state index in [-0.39, 0.29) is 36.2 Å². The van der Waals surface area contributed by atoms with Crippen molar-refractivity contribution in [2.24, 2.45) is 5.92 Å². The quantitative estimate of drug-likeness (QED) is 0.352. The zero-order chi connectivity index (χ0) is 27.7. The summed E-state index contributed by atoms with van der Waals surface area (Å²) in [5.41, 5.74) is 0.922. The summed E-state index contributed by atoms with van der Waals surface area (Å²) in [4.78, 5) is 44.5. The van der Waals surface area contributed by atoms with E-state index < -0.39 is 5.60 Å². The van der Waals surface area contributed by atoms with Crippen LogP contribution in [-0.2, 0) is 11.3 Å². The third kappa shape index (κ3) is 6.02. The second-order valence-corrected chi connectivity index (χ2v) is 12.7. The average molecular weight is 548 g/mol. The van der Waals surface area contributed by atoms with E-state index in [0.29, 0.717) is 24.1 Å². The van der Waals surface area contributed by atoms with Gasteiger partial charge in [-0.3, -0.25) is 19.3 Å². The zero-order valence-electron chi connectivity index (χ0n) is 22.9. The van der Waals surface area contributed by atoms with Crippen molar-refractivity contribution >= 4 is 44.8 Å². The van der Waals surface area contributed by atoms with Gasteiger partial charge in [0.25, 0.3) is 11.8 Å². The molecule has 2 aromatic carbocycles. The fourth-order valence-electron chi connectivity index (χ4n) is 5.68. The Balaban J connectivity index is 1.27. The highest BCUT2D eigenvalue weighted by Gasteiger charge is 2.39. The maximum Gasteiger partial charge on any atom is 0.264 e. The van der Waals surface area contributed by atoms with Crippen LogP contribution in [0.25, 0.3) is 10.1 Å². The van der Waals surface area contributed by atoms with Crippen LogP contribution in [0.5, 0.6) is 0 Å². The fourth-order valence-corrected chi connectivity index (χ4v) is 6.73. The summed E-state index contributed by atoms with van der Waals surface area (Å²) in [6.45, 7) is 7.10. The minimum absolute atomic E-state index is 0.0248. The Morgan fingerprint density at radius 1 is 1.15 bits per heavy atom. The maximum atomic E-state index is 13.6. The number of benzene rings is 2. The van der Waals surface area contributed by atoms with E-state index in [4.69, 9.17) is 0 Å². The van der Waals surface area contributed by atoms with Crippen LogP contribution in [0.4, 0.5) is 5.69 Å². The molecule has 1 fully saturated rings. The largest absolute Gasteiger partial charge is 0.390 e. The fraction of sp³-hybridized carbons (Fsp3) is 0.452. The van der Waals surface area contributed by atoms with Crippen molar-refractivity contribution in [2.75, 3.05) is 18.0 Å². The Hall–Kier alpha value is -3.23. The molecule has 206 valence electrons. The van der Waals surface area contributed by atoms with Crippen LogP contribution in [-0.4, -0.2) is 52.5 Å². The van der Waals surface area contributed by atoms with Crippen LogP contribution < -0.4 is 10.2 Å². The van der Waals surface area contributed by atoms with E-state index in [0.717, 1.165) is 52.9 Å². The van der Waals surface area contributed by atoms with Crippen LogP contribution in [0.3, 0.4) is 0 Å². The third-order valence-corrected chi connectivity index (χ3v) is 8.82. The van der Waals surface area contributed by atoms with E-state index in [1.165, 1.54) is 4.90 Å². The summed E-state index contributed by atoms with van der Waals surface area (Å²) >= 11 is 1.60. The molecule has 0 saturated carbocycles. The van der Waals surface area contributed by atoms with Gasteiger partial charge in [-0.2, -0.15) is 0 Å². The first-order valence-electron chi connectivity index (χ1n) is 13.8. The van der Waals surface area contributed by atoms with E-state index in [1.807, 2.05) is 49.4 Å². The molecule has 0 radical (unpaired) electrons. The lowest BCUT2D eigenvalue weighted by Crippen LogP contribution is -2.45.